The van der Waals surface area contributed by atoms with E-state index in [4.69, 9.17) is 0 Å². The van der Waals surface area contributed by atoms with E-state index in [9.17, 15) is 0 Å². The summed E-state index contributed by atoms with van der Waals surface area (Å²) in [7, 11) is -0.0728. The van der Waals surface area contributed by atoms with E-state index >= 15 is 0 Å². The molecule has 0 spiro atoms. The van der Waals surface area contributed by atoms with Crippen molar-refractivity contribution in [3.63, 3.8) is 0 Å². The fourth-order valence-electron chi connectivity index (χ4n) is 6.87. The fourth-order valence-corrected chi connectivity index (χ4v) is 16.2. The van der Waals surface area contributed by atoms with Crippen LogP contribution in [0.2, 0.25) is 0 Å². The molecule has 29 heavy (non-hydrogen) atoms. The Bertz CT molecular complexity index is 545. The maximum atomic E-state index is 3.86. The summed E-state index contributed by atoms with van der Waals surface area (Å²) >= 11 is 0. The zero-order valence-corrected chi connectivity index (χ0v) is 22.2. The zero-order chi connectivity index (χ0) is 21.2. The summed E-state index contributed by atoms with van der Waals surface area (Å²) in [6.07, 6.45) is 23.8. The quantitative estimate of drug-likeness (QED) is 0.379. The summed E-state index contributed by atoms with van der Waals surface area (Å²) in [5.41, 5.74) is 5.18. The van der Waals surface area contributed by atoms with Crippen molar-refractivity contribution < 1.29 is 0 Å². The molecule has 0 aromatic heterocycles. The van der Waals surface area contributed by atoms with Crippen LogP contribution in [-0.2, 0) is 0 Å². The number of hydrogen-bond donors (Lipinski definition) is 0. The Morgan fingerprint density at radius 2 is 1.24 bits per heavy atom. The molecule has 0 amide bonds. The molecule has 3 rings (SSSR count). The largest absolute Gasteiger partial charge is 0.0890 e. The average Bonchev–Trinajstić information content (AvgIpc) is 3.11. The lowest BCUT2D eigenvalue weighted by Gasteiger charge is -2.48. The topological polar surface area (TPSA) is 0 Å². The second-order valence-electron chi connectivity index (χ2n) is 11.8. The molecule has 2 atom stereocenters. The van der Waals surface area contributed by atoms with Crippen molar-refractivity contribution >= 4 is 15.8 Å². The molecule has 2 saturated carbocycles. The second kappa shape index (κ2) is 9.86. The van der Waals surface area contributed by atoms with E-state index in [1.165, 1.54) is 64.2 Å². The summed E-state index contributed by atoms with van der Waals surface area (Å²) in [6.45, 7) is 17.5. The average molecular weight is 434 g/mol. The Kier molecular flexibility index (Phi) is 8.16. The van der Waals surface area contributed by atoms with Gasteiger partial charge in [-0.2, -0.15) is 0 Å². The molecule has 3 aliphatic carbocycles. The van der Waals surface area contributed by atoms with Crippen molar-refractivity contribution in [1.29, 1.82) is 0 Å². The third-order valence-corrected chi connectivity index (χ3v) is 15.2. The van der Waals surface area contributed by atoms with Gasteiger partial charge in [-0.05, 0) is 59.0 Å². The van der Waals surface area contributed by atoms with Gasteiger partial charge in [0.15, 0.2) is 0 Å². The van der Waals surface area contributed by atoms with Crippen LogP contribution in [0.15, 0.2) is 17.7 Å². The molecule has 0 saturated heterocycles. The van der Waals surface area contributed by atoms with Crippen LogP contribution in [0.1, 0.15) is 113 Å². The van der Waals surface area contributed by atoms with Gasteiger partial charge in [0.25, 0.3) is 0 Å². The smallest absolute Gasteiger partial charge is 0.0203 e. The Labute approximate surface area is 185 Å². The van der Waals surface area contributed by atoms with E-state index in [1.807, 2.05) is 0 Å². The molecule has 0 aliphatic heterocycles. The van der Waals surface area contributed by atoms with Gasteiger partial charge in [-0.1, -0.05) is 115 Å². The van der Waals surface area contributed by atoms with Crippen LogP contribution in [0.25, 0.3) is 0 Å². The van der Waals surface area contributed by atoms with Crippen LogP contribution in [0.4, 0.5) is 0 Å². The molecule has 0 bridgehead atoms. The highest BCUT2D eigenvalue weighted by Crippen LogP contribution is 2.68. The Morgan fingerprint density at radius 3 is 1.66 bits per heavy atom. The van der Waals surface area contributed by atoms with Gasteiger partial charge >= 0.3 is 0 Å². The third kappa shape index (κ3) is 5.78. The second-order valence-corrected chi connectivity index (χ2v) is 18.9. The van der Waals surface area contributed by atoms with E-state index in [-0.39, 0.29) is 15.8 Å². The molecule has 0 heterocycles. The lowest BCUT2D eigenvalue weighted by atomic mass is 9.99. The maximum Gasteiger partial charge on any atom is 0.0203 e. The van der Waals surface area contributed by atoms with Crippen molar-refractivity contribution in [3.05, 3.63) is 23.8 Å². The maximum absolute atomic E-state index is 3.86. The first-order valence-corrected chi connectivity index (χ1v) is 15.4. The molecule has 0 nitrogen and oxygen atoms in total. The first-order chi connectivity index (χ1) is 13.6. The van der Waals surface area contributed by atoms with E-state index in [0.29, 0.717) is 16.0 Å². The molecule has 0 N–H and O–H groups in total. The van der Waals surface area contributed by atoms with Crippen LogP contribution in [0, 0.1) is 6.08 Å². The first-order valence-electron chi connectivity index (χ1n) is 12.5. The van der Waals surface area contributed by atoms with E-state index in [1.54, 1.807) is 5.57 Å². The van der Waals surface area contributed by atoms with Gasteiger partial charge in [-0.15, -0.1) is 0 Å². The lowest BCUT2D eigenvalue weighted by molar-refractivity contribution is 0.483. The van der Waals surface area contributed by atoms with E-state index in [0.717, 1.165) is 17.0 Å². The molecule has 3 aliphatic rings. The number of rotatable bonds is 5. The fraction of sp³-hybridized carbons (Fsp3) is 0.852. The first kappa shape index (κ1) is 24.0. The Balaban J connectivity index is 1.89. The zero-order valence-electron chi connectivity index (χ0n) is 20.4. The highest BCUT2D eigenvalue weighted by molar-refractivity contribution is 7.62. The third-order valence-electron chi connectivity index (χ3n) is 7.44. The molecule has 1 unspecified atom stereocenters. The minimum Gasteiger partial charge on any atom is -0.0890 e. The predicted molar refractivity (Wildman–Crippen MR) is 136 cm³/mol. The standard InChI is InChI=1S/C27H47P2/c1-21(29(26(2,3)4)27(5,6)7)24-19-14-20-25(24)28(22-15-10-8-11-16-22)23-17-12-9-13-18-23/h14,20-23,25H,8-13,15-18H2,1-7H3/t21-,25?/m0/s1. The minimum absolute atomic E-state index is 0.0577. The predicted octanol–water partition coefficient (Wildman–Crippen LogP) is 9.27. The van der Waals surface area contributed by atoms with Crippen LogP contribution < -0.4 is 0 Å². The van der Waals surface area contributed by atoms with Crippen LogP contribution in [0.5, 0.6) is 0 Å². The minimum atomic E-state index is -0.130. The molecule has 2 heteroatoms. The lowest BCUT2D eigenvalue weighted by Crippen LogP contribution is -2.34. The van der Waals surface area contributed by atoms with E-state index < -0.39 is 0 Å². The van der Waals surface area contributed by atoms with Crippen molar-refractivity contribution in [2.24, 2.45) is 0 Å². The summed E-state index contributed by atoms with van der Waals surface area (Å²) in [6, 6.07) is 0. The monoisotopic (exact) mass is 433 g/mol. The molecular formula is C27H47P2. The summed E-state index contributed by atoms with van der Waals surface area (Å²) in [5, 5.41) is 0.764. The van der Waals surface area contributed by atoms with Crippen LogP contribution in [-0.4, -0.2) is 32.9 Å². The molecule has 1 radical (unpaired) electrons. The van der Waals surface area contributed by atoms with Gasteiger partial charge in [-0.3, -0.25) is 0 Å². The highest BCUT2D eigenvalue weighted by Gasteiger charge is 2.44. The molecule has 165 valence electrons. The van der Waals surface area contributed by atoms with Crippen LogP contribution in [0.3, 0.4) is 0 Å². The molecular weight excluding hydrogens is 386 g/mol. The van der Waals surface area contributed by atoms with Gasteiger partial charge in [0.2, 0.25) is 0 Å². The summed E-state index contributed by atoms with van der Waals surface area (Å²) in [4.78, 5) is 0. The summed E-state index contributed by atoms with van der Waals surface area (Å²) < 4.78 is 0. The van der Waals surface area contributed by atoms with Gasteiger partial charge < -0.3 is 0 Å². The SMILES string of the molecule is C[C@@H](C1=[C]C=CC1P(C1CCCCC1)C1CCCCC1)P(C(C)(C)C)C(C)(C)C. The van der Waals surface area contributed by atoms with Gasteiger partial charge in [0.1, 0.15) is 0 Å². The Morgan fingerprint density at radius 1 is 0.793 bits per heavy atom. The van der Waals surface area contributed by atoms with Gasteiger partial charge in [-0.25, -0.2) is 0 Å². The van der Waals surface area contributed by atoms with Gasteiger partial charge in [0, 0.05) is 11.3 Å². The van der Waals surface area contributed by atoms with Gasteiger partial charge in [0.05, 0.1) is 0 Å². The molecule has 0 aromatic rings. The molecule has 2 fully saturated rings. The normalized spacial score (nSPS) is 26.4. The van der Waals surface area contributed by atoms with Crippen molar-refractivity contribution in [3.8, 4) is 0 Å². The molecule has 0 aromatic carbocycles. The van der Waals surface area contributed by atoms with E-state index in [2.05, 4.69) is 66.7 Å². The van der Waals surface area contributed by atoms with Crippen molar-refractivity contribution in [1.82, 2.24) is 0 Å². The van der Waals surface area contributed by atoms with Crippen LogP contribution >= 0.6 is 15.8 Å². The number of allylic oxidation sites excluding steroid dienone is 4. The number of hydrogen-bond acceptors (Lipinski definition) is 0. The van der Waals surface area contributed by atoms with Crippen molar-refractivity contribution in [2.75, 3.05) is 0 Å². The Hall–Kier alpha value is 0.340. The highest BCUT2D eigenvalue weighted by atomic mass is 31.1. The summed E-state index contributed by atoms with van der Waals surface area (Å²) in [5.74, 6) is 0. The van der Waals surface area contributed by atoms with Crippen molar-refractivity contribution in [2.45, 2.75) is 146 Å².